The number of hydrogen-bond acceptors (Lipinski definition) is 4. The predicted molar refractivity (Wildman–Crippen MR) is 113 cm³/mol. The van der Waals surface area contributed by atoms with Gasteiger partial charge in [0.25, 0.3) is 0 Å². The van der Waals surface area contributed by atoms with Crippen LogP contribution in [0.3, 0.4) is 0 Å². The van der Waals surface area contributed by atoms with Crippen molar-refractivity contribution in [1.82, 2.24) is 4.90 Å². The fourth-order valence-corrected chi connectivity index (χ4v) is 2.29. The van der Waals surface area contributed by atoms with E-state index in [0.717, 1.165) is 23.5 Å². The number of para-hydroxylation sites is 1. The van der Waals surface area contributed by atoms with Crippen molar-refractivity contribution >= 4 is 40.9 Å². The van der Waals surface area contributed by atoms with E-state index in [1.807, 2.05) is 62.3 Å². The molecule has 0 spiro atoms. The number of amides is 2. The number of aliphatic carboxylic acids is 2. The number of carbonyl (C=O) groups excluding carboxylic acids is 1. The van der Waals surface area contributed by atoms with Gasteiger partial charge in [-0.1, -0.05) is 29.8 Å². The van der Waals surface area contributed by atoms with Gasteiger partial charge in [0.2, 0.25) is 0 Å². The van der Waals surface area contributed by atoms with Crippen molar-refractivity contribution in [2.45, 2.75) is 6.92 Å². The van der Waals surface area contributed by atoms with Crippen molar-refractivity contribution in [1.29, 1.82) is 0 Å². The lowest BCUT2D eigenvalue weighted by Crippen LogP contribution is -2.39. The molecule has 0 saturated carbocycles. The molecule has 9 heteroatoms. The number of aryl methyl sites for hydroxylation is 1. The first kappa shape index (κ1) is 23.9. The molecule has 0 radical (unpaired) electrons. The van der Waals surface area contributed by atoms with Crippen LogP contribution in [0.2, 0.25) is 5.02 Å². The van der Waals surface area contributed by atoms with E-state index in [9.17, 15) is 4.79 Å². The maximum absolute atomic E-state index is 12.7. The molecule has 0 fully saturated rings. The summed E-state index contributed by atoms with van der Waals surface area (Å²) in [7, 11) is 3.97. The van der Waals surface area contributed by atoms with E-state index in [4.69, 9.17) is 31.4 Å². The molecule has 2 amide bonds. The number of likely N-dealkylation sites (N-methyl/N-ethyl adjacent to an activating group) is 1. The van der Waals surface area contributed by atoms with Crippen LogP contribution >= 0.6 is 11.6 Å². The second kappa shape index (κ2) is 11.7. The number of rotatable bonds is 5. The monoisotopic (exact) mass is 421 g/mol. The second-order valence-electron chi connectivity index (χ2n) is 6.29. The van der Waals surface area contributed by atoms with Crippen LogP contribution in [-0.2, 0) is 9.59 Å². The van der Waals surface area contributed by atoms with E-state index < -0.39 is 11.9 Å². The summed E-state index contributed by atoms with van der Waals surface area (Å²) in [5, 5.41) is 18.4. The van der Waals surface area contributed by atoms with E-state index in [0.29, 0.717) is 11.6 Å². The third-order valence-corrected chi connectivity index (χ3v) is 3.98. The lowest BCUT2D eigenvalue weighted by atomic mass is 10.2. The minimum Gasteiger partial charge on any atom is -0.473 e. The van der Waals surface area contributed by atoms with Gasteiger partial charge < -0.3 is 20.4 Å². The molecule has 0 unspecified atom stereocenters. The van der Waals surface area contributed by atoms with E-state index in [2.05, 4.69) is 5.32 Å². The number of carboxylic acids is 2. The van der Waals surface area contributed by atoms with Gasteiger partial charge >= 0.3 is 18.0 Å². The molecule has 0 aliphatic heterocycles. The van der Waals surface area contributed by atoms with Crippen LogP contribution in [0.4, 0.5) is 16.2 Å². The number of anilines is 2. The van der Waals surface area contributed by atoms with Crippen LogP contribution in [0.15, 0.2) is 48.5 Å². The smallest absolute Gasteiger partial charge is 0.414 e. The largest absolute Gasteiger partial charge is 0.473 e. The SMILES string of the molecule is Cc1ccccc1NC(=O)N(CCN(C)C)c1ccc(Cl)cc1.O=C(O)C(=O)O. The summed E-state index contributed by atoms with van der Waals surface area (Å²) in [6, 6.07) is 14.9. The normalized spacial score (nSPS) is 9.97. The van der Waals surface area contributed by atoms with Gasteiger partial charge in [0.1, 0.15) is 0 Å². The maximum atomic E-state index is 12.7. The Kier molecular flexibility index (Phi) is 9.64. The third-order valence-electron chi connectivity index (χ3n) is 3.72. The van der Waals surface area contributed by atoms with Crippen molar-refractivity contribution in [3.63, 3.8) is 0 Å². The zero-order valence-electron chi connectivity index (χ0n) is 16.4. The Balaban J connectivity index is 0.000000612. The van der Waals surface area contributed by atoms with Crippen molar-refractivity contribution in [2.24, 2.45) is 0 Å². The highest BCUT2D eigenvalue weighted by Crippen LogP contribution is 2.20. The minimum atomic E-state index is -1.82. The van der Waals surface area contributed by atoms with Gasteiger partial charge in [-0.2, -0.15) is 0 Å². The average molecular weight is 422 g/mol. The number of nitrogens with one attached hydrogen (secondary N) is 1. The highest BCUT2D eigenvalue weighted by Gasteiger charge is 2.16. The molecule has 0 aliphatic carbocycles. The Hall–Kier alpha value is -3.10. The maximum Gasteiger partial charge on any atom is 0.414 e. The van der Waals surface area contributed by atoms with Gasteiger partial charge in [-0.05, 0) is 56.9 Å². The standard InChI is InChI=1S/C18H22ClN3O.C2H2O4/c1-14-6-4-5-7-17(14)20-18(23)22(13-12-21(2)3)16-10-8-15(19)9-11-16;3-1(4)2(5)6/h4-11H,12-13H2,1-3H3,(H,20,23);(H,3,4)(H,5,6). The molecule has 0 aliphatic rings. The fourth-order valence-electron chi connectivity index (χ4n) is 2.16. The summed E-state index contributed by atoms with van der Waals surface area (Å²) in [5.41, 5.74) is 2.67. The Morgan fingerprint density at radius 1 is 0.931 bits per heavy atom. The van der Waals surface area contributed by atoms with E-state index in [-0.39, 0.29) is 6.03 Å². The first-order valence-corrected chi connectivity index (χ1v) is 9.00. The van der Waals surface area contributed by atoms with Crippen LogP contribution in [0, 0.1) is 6.92 Å². The van der Waals surface area contributed by atoms with Crippen LogP contribution in [0.25, 0.3) is 0 Å². The lowest BCUT2D eigenvalue weighted by molar-refractivity contribution is -0.159. The molecule has 0 aromatic heterocycles. The van der Waals surface area contributed by atoms with Crippen LogP contribution in [0.1, 0.15) is 5.56 Å². The van der Waals surface area contributed by atoms with E-state index in [1.165, 1.54) is 0 Å². The highest BCUT2D eigenvalue weighted by molar-refractivity contribution is 6.30. The van der Waals surface area contributed by atoms with Crippen molar-refractivity contribution in [3.8, 4) is 0 Å². The van der Waals surface area contributed by atoms with E-state index in [1.54, 1.807) is 17.0 Å². The lowest BCUT2D eigenvalue weighted by Gasteiger charge is -2.25. The van der Waals surface area contributed by atoms with Crippen molar-refractivity contribution in [3.05, 3.63) is 59.1 Å². The Labute approximate surface area is 174 Å². The molecule has 2 rings (SSSR count). The molecule has 0 bridgehead atoms. The molecule has 0 atom stereocenters. The number of urea groups is 1. The Morgan fingerprint density at radius 2 is 1.48 bits per heavy atom. The second-order valence-corrected chi connectivity index (χ2v) is 6.72. The summed E-state index contributed by atoms with van der Waals surface area (Å²) < 4.78 is 0. The molecule has 29 heavy (non-hydrogen) atoms. The van der Waals surface area contributed by atoms with Crippen molar-refractivity contribution in [2.75, 3.05) is 37.4 Å². The Morgan fingerprint density at radius 3 is 1.97 bits per heavy atom. The molecule has 0 heterocycles. The number of nitrogens with zero attached hydrogens (tertiary/aromatic N) is 2. The summed E-state index contributed by atoms with van der Waals surface area (Å²) in [6.45, 7) is 3.33. The van der Waals surface area contributed by atoms with Crippen LogP contribution < -0.4 is 10.2 Å². The number of benzene rings is 2. The summed E-state index contributed by atoms with van der Waals surface area (Å²) in [6.07, 6.45) is 0. The molecule has 8 nitrogen and oxygen atoms in total. The van der Waals surface area contributed by atoms with E-state index >= 15 is 0 Å². The van der Waals surface area contributed by atoms with Crippen LogP contribution in [-0.4, -0.2) is 60.3 Å². The van der Waals surface area contributed by atoms with Gasteiger partial charge in [0.05, 0.1) is 0 Å². The topological polar surface area (TPSA) is 110 Å². The molecule has 156 valence electrons. The summed E-state index contributed by atoms with van der Waals surface area (Å²) in [4.78, 5) is 34.7. The Bertz CT molecular complexity index is 828. The molecule has 2 aromatic carbocycles. The minimum absolute atomic E-state index is 0.150. The first-order chi connectivity index (χ1) is 13.6. The first-order valence-electron chi connectivity index (χ1n) is 8.62. The predicted octanol–water partition coefficient (Wildman–Crippen LogP) is 3.40. The van der Waals surface area contributed by atoms with Crippen molar-refractivity contribution < 1.29 is 24.6 Å². The highest BCUT2D eigenvalue weighted by atomic mass is 35.5. The number of carbonyl (C=O) groups is 3. The molecular weight excluding hydrogens is 398 g/mol. The van der Waals surface area contributed by atoms with Gasteiger partial charge in [-0.15, -0.1) is 0 Å². The zero-order valence-corrected chi connectivity index (χ0v) is 17.2. The third kappa shape index (κ3) is 8.63. The molecule has 3 N–H and O–H groups in total. The van der Waals surface area contributed by atoms with Gasteiger partial charge in [-0.25, -0.2) is 14.4 Å². The average Bonchev–Trinajstić information content (AvgIpc) is 2.65. The number of halogens is 1. The number of carboxylic acid groups (broad SMARTS) is 2. The number of hydrogen-bond donors (Lipinski definition) is 3. The summed E-state index contributed by atoms with van der Waals surface area (Å²) in [5.74, 6) is -3.65. The molecule has 2 aromatic rings. The van der Waals surface area contributed by atoms with Crippen LogP contribution in [0.5, 0.6) is 0 Å². The zero-order chi connectivity index (χ0) is 22.0. The van der Waals surface area contributed by atoms with Gasteiger partial charge in [-0.3, -0.25) is 4.90 Å². The molecular formula is C20H24ClN3O5. The summed E-state index contributed by atoms with van der Waals surface area (Å²) >= 11 is 5.95. The fraction of sp³-hybridized carbons (Fsp3) is 0.250. The van der Waals surface area contributed by atoms with Gasteiger partial charge in [0.15, 0.2) is 0 Å². The quantitative estimate of drug-likeness (QED) is 0.638. The van der Waals surface area contributed by atoms with Gasteiger partial charge in [0, 0.05) is 29.5 Å². The molecule has 0 saturated heterocycles.